The molecule has 13 nitrogen and oxygen atoms in total. The van der Waals surface area contributed by atoms with E-state index in [4.69, 9.17) is 15.5 Å². The van der Waals surface area contributed by atoms with Gasteiger partial charge in [0, 0.05) is 42.5 Å². The van der Waals surface area contributed by atoms with Gasteiger partial charge < -0.3 is 31.1 Å². The van der Waals surface area contributed by atoms with Gasteiger partial charge in [0.05, 0.1) is 11.5 Å². The number of likely N-dealkylation sites (tertiary alicyclic amines) is 1. The number of benzene rings is 1. The summed E-state index contributed by atoms with van der Waals surface area (Å²) in [5, 5.41) is 18.3. The first-order valence-corrected chi connectivity index (χ1v) is 22.4. The van der Waals surface area contributed by atoms with E-state index < -0.39 is 47.0 Å². The van der Waals surface area contributed by atoms with Crippen LogP contribution < -0.4 is 16.4 Å². The molecule has 14 heteroatoms. The number of likely N-dealkylation sites (N-methyl/N-ethyl adjacent to an activating group) is 1. The maximum Gasteiger partial charge on any atom is 0.309 e. The normalized spacial score (nSPS) is 17.9. The molecule has 1 aromatic carbocycles. The number of nitrogen functional groups attached to an aromatic ring is 1. The van der Waals surface area contributed by atoms with E-state index in [1.54, 1.807) is 31.4 Å². The SMILES string of the molecule is CCCCCCN(C(=O)[C@@H](NC(=O)[C@H]1CCCCN1C)[C@@H](C)CC)[C@H](C[C@@H](OC(C)=O)c1nc(C(=O)N[C@@](C)(Cc2ccc(N)cc2)CC(C)(C)C(=O)O)cs1)C(C)C. The van der Waals surface area contributed by atoms with Crippen molar-refractivity contribution in [1.82, 2.24) is 25.4 Å². The van der Waals surface area contributed by atoms with Gasteiger partial charge in [0.2, 0.25) is 11.8 Å². The van der Waals surface area contributed by atoms with E-state index in [1.807, 2.05) is 58.7 Å². The fourth-order valence-electron chi connectivity index (χ4n) is 8.21. The molecule has 5 N–H and O–H groups in total. The molecular weight excluding hydrogens is 769 g/mol. The van der Waals surface area contributed by atoms with Crippen LogP contribution in [0.2, 0.25) is 0 Å². The zero-order chi connectivity index (χ0) is 44.1. The van der Waals surface area contributed by atoms with Gasteiger partial charge in [-0.05, 0) is 96.0 Å². The number of amides is 3. The lowest BCUT2D eigenvalue weighted by Crippen LogP contribution is -2.59. The van der Waals surface area contributed by atoms with Gasteiger partial charge in [0.25, 0.3) is 5.91 Å². The van der Waals surface area contributed by atoms with Gasteiger partial charge in [-0.15, -0.1) is 11.3 Å². The van der Waals surface area contributed by atoms with E-state index in [1.165, 1.54) is 18.3 Å². The molecule has 0 radical (unpaired) electrons. The quantitative estimate of drug-likeness (QED) is 0.0500. The van der Waals surface area contributed by atoms with Crippen LogP contribution in [0.15, 0.2) is 29.6 Å². The number of nitrogens with two attached hydrogens (primary N) is 1. The van der Waals surface area contributed by atoms with Gasteiger partial charge >= 0.3 is 11.9 Å². The van der Waals surface area contributed by atoms with E-state index in [0.29, 0.717) is 30.1 Å². The first-order chi connectivity index (χ1) is 27.7. The van der Waals surface area contributed by atoms with Crippen molar-refractivity contribution in [3.05, 3.63) is 45.9 Å². The van der Waals surface area contributed by atoms with Crippen LogP contribution in [0.5, 0.6) is 0 Å². The molecule has 1 aromatic heterocycles. The predicted molar refractivity (Wildman–Crippen MR) is 234 cm³/mol. The number of rotatable bonds is 23. The van der Waals surface area contributed by atoms with Crippen molar-refractivity contribution < 1.29 is 33.8 Å². The fourth-order valence-corrected chi connectivity index (χ4v) is 9.05. The number of hydrogen-bond donors (Lipinski definition) is 4. The molecule has 330 valence electrons. The monoisotopic (exact) mass is 841 g/mol. The minimum absolute atomic E-state index is 0.0599. The highest BCUT2D eigenvalue weighted by atomic mass is 32.1. The van der Waals surface area contributed by atoms with Crippen molar-refractivity contribution in [1.29, 1.82) is 0 Å². The van der Waals surface area contributed by atoms with Gasteiger partial charge in [0.15, 0.2) is 6.10 Å². The van der Waals surface area contributed by atoms with Crippen LogP contribution in [0.1, 0.15) is 154 Å². The summed E-state index contributed by atoms with van der Waals surface area (Å²) in [7, 11) is 1.96. The summed E-state index contributed by atoms with van der Waals surface area (Å²) in [6.07, 6.45) is 7.08. The summed E-state index contributed by atoms with van der Waals surface area (Å²) < 4.78 is 5.94. The Labute approximate surface area is 356 Å². The largest absolute Gasteiger partial charge is 0.481 e. The lowest BCUT2D eigenvalue weighted by atomic mass is 9.76. The first-order valence-electron chi connectivity index (χ1n) is 21.6. The summed E-state index contributed by atoms with van der Waals surface area (Å²) in [6, 6.07) is 5.84. The lowest BCUT2D eigenvalue weighted by molar-refractivity contribution is -0.150. The van der Waals surface area contributed by atoms with Gasteiger partial charge in [-0.25, -0.2) is 4.98 Å². The van der Waals surface area contributed by atoms with Gasteiger partial charge in [0.1, 0.15) is 16.7 Å². The molecule has 59 heavy (non-hydrogen) atoms. The summed E-state index contributed by atoms with van der Waals surface area (Å²) >= 11 is 1.19. The van der Waals surface area contributed by atoms with E-state index >= 15 is 0 Å². The number of carboxylic acid groups (broad SMARTS) is 1. The van der Waals surface area contributed by atoms with E-state index in [0.717, 1.165) is 57.1 Å². The molecule has 2 heterocycles. The third-order valence-electron chi connectivity index (χ3n) is 11.7. The molecule has 0 saturated carbocycles. The van der Waals surface area contributed by atoms with Gasteiger partial charge in [-0.2, -0.15) is 0 Å². The number of carboxylic acids is 1. The Morgan fingerprint density at radius 2 is 1.73 bits per heavy atom. The molecule has 0 unspecified atom stereocenters. The minimum atomic E-state index is -1.15. The molecular formula is C45H72N6O7S. The topological polar surface area (TPSA) is 184 Å². The number of unbranched alkanes of at least 4 members (excludes halogenated alkanes) is 3. The number of hydrogen-bond acceptors (Lipinski definition) is 10. The zero-order valence-electron chi connectivity index (χ0n) is 37.3. The third kappa shape index (κ3) is 14.6. The number of esters is 1. The van der Waals surface area contributed by atoms with Crippen LogP contribution in [-0.2, 0) is 30.3 Å². The molecule has 1 aliphatic rings. The molecule has 2 aromatic rings. The number of anilines is 1. The number of aromatic nitrogens is 1. The van der Waals surface area contributed by atoms with Crippen LogP contribution in [0.4, 0.5) is 5.69 Å². The van der Waals surface area contributed by atoms with Gasteiger partial charge in [-0.1, -0.05) is 78.9 Å². The maximum absolute atomic E-state index is 14.9. The Morgan fingerprint density at radius 1 is 1.05 bits per heavy atom. The van der Waals surface area contributed by atoms with Crippen molar-refractivity contribution in [2.45, 2.75) is 163 Å². The molecule has 0 bridgehead atoms. The van der Waals surface area contributed by atoms with Crippen LogP contribution in [0.25, 0.3) is 0 Å². The first kappa shape index (κ1) is 49.3. The molecule has 6 atom stereocenters. The Kier molecular flexibility index (Phi) is 18.8. The lowest BCUT2D eigenvalue weighted by Gasteiger charge is -2.40. The van der Waals surface area contributed by atoms with Crippen LogP contribution >= 0.6 is 11.3 Å². The molecule has 1 fully saturated rings. The number of carbonyl (C=O) groups is 5. The highest BCUT2D eigenvalue weighted by Gasteiger charge is 2.41. The average Bonchev–Trinajstić information content (AvgIpc) is 3.66. The second-order valence-electron chi connectivity index (χ2n) is 18.0. The van der Waals surface area contributed by atoms with E-state index in [9.17, 15) is 29.1 Å². The maximum atomic E-state index is 14.9. The Balaban J connectivity index is 1.97. The molecule has 0 spiro atoms. The Bertz CT molecular complexity index is 1700. The number of carbonyl (C=O) groups excluding carboxylic acids is 4. The zero-order valence-corrected chi connectivity index (χ0v) is 38.1. The summed E-state index contributed by atoms with van der Waals surface area (Å²) in [6.45, 7) is 18.0. The van der Waals surface area contributed by atoms with Crippen LogP contribution in [0, 0.1) is 17.3 Å². The molecule has 1 aliphatic heterocycles. The average molecular weight is 841 g/mol. The molecule has 0 aliphatic carbocycles. The van der Waals surface area contributed by atoms with Crippen molar-refractivity contribution in [2.24, 2.45) is 17.3 Å². The second-order valence-corrected chi connectivity index (χ2v) is 18.9. The third-order valence-corrected chi connectivity index (χ3v) is 12.7. The molecule has 3 rings (SSSR count). The Hall–Kier alpha value is -4.04. The number of piperidine rings is 1. The smallest absolute Gasteiger partial charge is 0.309 e. The van der Waals surface area contributed by atoms with Gasteiger partial charge in [-0.3, -0.25) is 28.9 Å². The Morgan fingerprint density at radius 3 is 2.31 bits per heavy atom. The number of nitrogens with zero attached hydrogens (tertiary/aromatic N) is 3. The van der Waals surface area contributed by atoms with E-state index in [-0.39, 0.29) is 48.2 Å². The number of thiazole rings is 1. The van der Waals surface area contributed by atoms with Crippen molar-refractivity contribution in [3.8, 4) is 0 Å². The van der Waals surface area contributed by atoms with Crippen molar-refractivity contribution in [3.63, 3.8) is 0 Å². The minimum Gasteiger partial charge on any atom is -0.481 e. The summed E-state index contributed by atoms with van der Waals surface area (Å²) in [5.74, 6) is -2.45. The van der Waals surface area contributed by atoms with Crippen LogP contribution in [-0.4, -0.2) is 93.4 Å². The second kappa shape index (κ2) is 22.5. The molecule has 3 amide bonds. The van der Waals surface area contributed by atoms with Crippen molar-refractivity contribution >= 4 is 46.7 Å². The van der Waals surface area contributed by atoms with E-state index in [2.05, 4.69) is 22.5 Å². The summed E-state index contributed by atoms with van der Waals surface area (Å²) in [5.41, 5.74) is 5.36. The number of nitrogens with one attached hydrogen (secondary N) is 2. The van der Waals surface area contributed by atoms with Crippen LogP contribution in [0.3, 0.4) is 0 Å². The highest BCUT2D eigenvalue weighted by Crippen LogP contribution is 2.34. The highest BCUT2D eigenvalue weighted by molar-refractivity contribution is 7.09. The number of aliphatic carboxylic acids is 1. The molecule has 1 saturated heterocycles. The fraction of sp³-hybridized carbons (Fsp3) is 0.689. The number of ether oxygens (including phenoxy) is 1. The predicted octanol–water partition coefficient (Wildman–Crippen LogP) is 7.40. The summed E-state index contributed by atoms with van der Waals surface area (Å²) in [4.78, 5) is 76.2. The standard InChI is InChI=1S/C45H72N6O7S/c1-11-13-14-16-24-51(42(55)38(30(5)12-2)48-40(54)35-18-15-17-23-50(35)10)36(29(3)4)25-37(58-31(6)52)41-47-34(27-59-41)39(53)49-45(9,28-44(7,8)43(56)57)26-32-19-21-33(46)22-20-32/h19-22,27,29-30,35-38H,11-18,23-26,28,46H2,1-10H3,(H,48,54)(H,49,53)(H,56,57)/t30-,35+,36+,37+,38-,45-/m0/s1. The van der Waals surface area contributed by atoms with Crippen molar-refractivity contribution in [2.75, 3.05) is 25.9 Å².